The maximum absolute atomic E-state index is 13.6. The lowest BCUT2D eigenvalue weighted by Gasteiger charge is -2.08. The molecule has 3 rings (SSSR count). The molecule has 0 radical (unpaired) electrons. The van der Waals surface area contributed by atoms with Crippen LogP contribution in [0.3, 0.4) is 0 Å². The largest absolute Gasteiger partial charge is 0.497 e. The fourth-order valence-corrected chi connectivity index (χ4v) is 2.23. The van der Waals surface area contributed by atoms with Gasteiger partial charge in [0.1, 0.15) is 11.6 Å². The monoisotopic (exact) mass is 325 g/mol. The van der Waals surface area contributed by atoms with E-state index in [0.29, 0.717) is 16.9 Å². The zero-order chi connectivity index (χ0) is 17.1. The molecule has 3 aromatic rings. The van der Waals surface area contributed by atoms with Crippen molar-refractivity contribution in [2.45, 2.75) is 6.92 Å². The average molecular weight is 325 g/mol. The Hall–Kier alpha value is -3.15. The van der Waals surface area contributed by atoms with Crippen LogP contribution < -0.4 is 15.6 Å². The quantitative estimate of drug-likeness (QED) is 0.768. The summed E-state index contributed by atoms with van der Waals surface area (Å²) in [7, 11) is 1.59. The lowest BCUT2D eigenvalue weighted by atomic mass is 10.1. The summed E-state index contributed by atoms with van der Waals surface area (Å²) in [6, 6.07) is 13.4. The minimum Gasteiger partial charge on any atom is -0.497 e. The molecule has 0 bridgehead atoms. The minimum absolute atomic E-state index is 0.247. The predicted octanol–water partition coefficient (Wildman–Crippen LogP) is 3.64. The van der Waals surface area contributed by atoms with E-state index in [1.54, 1.807) is 38.3 Å². The molecular weight excluding hydrogens is 309 g/mol. The van der Waals surface area contributed by atoms with Gasteiger partial charge in [0.25, 0.3) is 5.56 Å². The van der Waals surface area contributed by atoms with E-state index in [-0.39, 0.29) is 17.3 Å². The van der Waals surface area contributed by atoms with Crippen LogP contribution in [0.25, 0.3) is 11.3 Å². The topological polar surface area (TPSA) is 67.0 Å². The van der Waals surface area contributed by atoms with Crippen LogP contribution in [-0.4, -0.2) is 17.1 Å². The van der Waals surface area contributed by atoms with Gasteiger partial charge < -0.3 is 10.1 Å². The molecule has 122 valence electrons. The Kier molecular flexibility index (Phi) is 4.29. The van der Waals surface area contributed by atoms with Gasteiger partial charge in [-0.2, -0.15) is 0 Å². The molecule has 0 amide bonds. The number of methoxy groups -OCH3 is 1. The number of aromatic amines is 1. The van der Waals surface area contributed by atoms with E-state index >= 15 is 0 Å². The first-order valence-electron chi connectivity index (χ1n) is 7.34. The second-order valence-electron chi connectivity index (χ2n) is 5.30. The Balaban J connectivity index is 1.93. The number of hydrogen-bond acceptors (Lipinski definition) is 4. The number of ether oxygens (including phenoxy) is 1. The Labute approximate surface area is 138 Å². The van der Waals surface area contributed by atoms with Gasteiger partial charge in [0.2, 0.25) is 5.95 Å². The first-order valence-corrected chi connectivity index (χ1v) is 7.34. The molecule has 0 aliphatic rings. The molecule has 0 unspecified atom stereocenters. The van der Waals surface area contributed by atoms with E-state index in [1.165, 1.54) is 12.1 Å². The molecule has 1 heterocycles. The number of rotatable bonds is 4. The molecule has 0 aliphatic carbocycles. The van der Waals surface area contributed by atoms with Crippen molar-refractivity contribution in [3.63, 3.8) is 0 Å². The molecule has 0 spiro atoms. The highest BCUT2D eigenvalue weighted by Gasteiger charge is 2.06. The Morgan fingerprint density at radius 1 is 1.12 bits per heavy atom. The summed E-state index contributed by atoms with van der Waals surface area (Å²) in [5.41, 5.74) is 2.05. The average Bonchev–Trinajstić information content (AvgIpc) is 2.58. The molecular formula is C18H16FN3O2. The third-order valence-electron chi connectivity index (χ3n) is 3.56. The number of anilines is 2. The summed E-state index contributed by atoms with van der Waals surface area (Å²) >= 11 is 0. The van der Waals surface area contributed by atoms with E-state index in [1.807, 2.05) is 12.1 Å². The molecule has 5 nitrogen and oxygen atoms in total. The SMILES string of the molecule is COc1ccc(-c2cc(=O)[nH]c(Nc3ccc(C)c(F)c3)n2)cc1. The van der Waals surface area contributed by atoms with Gasteiger partial charge in [0.05, 0.1) is 12.8 Å². The van der Waals surface area contributed by atoms with E-state index < -0.39 is 0 Å². The van der Waals surface area contributed by atoms with Gasteiger partial charge in [0, 0.05) is 17.3 Å². The van der Waals surface area contributed by atoms with E-state index in [0.717, 1.165) is 11.3 Å². The smallest absolute Gasteiger partial charge is 0.252 e. The summed E-state index contributed by atoms with van der Waals surface area (Å²) in [5.74, 6) is 0.641. The predicted molar refractivity (Wildman–Crippen MR) is 91.3 cm³/mol. The number of benzene rings is 2. The zero-order valence-corrected chi connectivity index (χ0v) is 13.3. The fourth-order valence-electron chi connectivity index (χ4n) is 2.23. The maximum Gasteiger partial charge on any atom is 0.252 e. The number of hydrogen-bond donors (Lipinski definition) is 2. The summed E-state index contributed by atoms with van der Waals surface area (Å²) < 4.78 is 18.7. The van der Waals surface area contributed by atoms with Crippen molar-refractivity contribution in [3.8, 4) is 17.0 Å². The first-order chi connectivity index (χ1) is 11.5. The minimum atomic E-state index is -0.325. The van der Waals surface area contributed by atoms with Crippen molar-refractivity contribution in [1.82, 2.24) is 9.97 Å². The number of halogens is 1. The first kappa shape index (κ1) is 15.7. The van der Waals surface area contributed by atoms with Crippen molar-refractivity contribution in [1.29, 1.82) is 0 Å². The van der Waals surface area contributed by atoms with Crippen molar-refractivity contribution < 1.29 is 9.13 Å². The van der Waals surface area contributed by atoms with Gasteiger partial charge in [-0.15, -0.1) is 0 Å². The van der Waals surface area contributed by atoms with Crippen LogP contribution in [0.15, 0.2) is 53.3 Å². The maximum atomic E-state index is 13.6. The number of aromatic nitrogens is 2. The lowest BCUT2D eigenvalue weighted by molar-refractivity contribution is 0.415. The van der Waals surface area contributed by atoms with E-state index in [2.05, 4.69) is 15.3 Å². The molecule has 0 aliphatic heterocycles. The van der Waals surface area contributed by atoms with Crippen LogP contribution in [-0.2, 0) is 0 Å². The summed E-state index contributed by atoms with van der Waals surface area (Å²) in [6.45, 7) is 1.68. The van der Waals surface area contributed by atoms with Crippen LogP contribution in [0.4, 0.5) is 16.0 Å². The zero-order valence-electron chi connectivity index (χ0n) is 13.3. The van der Waals surface area contributed by atoms with Gasteiger partial charge in [-0.05, 0) is 48.9 Å². The van der Waals surface area contributed by atoms with Crippen LogP contribution in [0.5, 0.6) is 5.75 Å². The summed E-state index contributed by atoms with van der Waals surface area (Å²) in [4.78, 5) is 18.9. The van der Waals surface area contributed by atoms with Gasteiger partial charge in [-0.1, -0.05) is 6.07 Å². The highest BCUT2D eigenvalue weighted by molar-refractivity contribution is 5.62. The van der Waals surface area contributed by atoms with Crippen molar-refractivity contribution in [2.75, 3.05) is 12.4 Å². The lowest BCUT2D eigenvalue weighted by Crippen LogP contribution is -2.10. The molecule has 24 heavy (non-hydrogen) atoms. The number of aryl methyl sites for hydroxylation is 1. The van der Waals surface area contributed by atoms with Crippen LogP contribution >= 0.6 is 0 Å². The Morgan fingerprint density at radius 2 is 1.88 bits per heavy atom. The molecule has 1 aromatic heterocycles. The Morgan fingerprint density at radius 3 is 2.54 bits per heavy atom. The van der Waals surface area contributed by atoms with Crippen LogP contribution in [0, 0.1) is 12.7 Å². The molecule has 0 saturated carbocycles. The molecule has 0 saturated heterocycles. The van der Waals surface area contributed by atoms with Crippen molar-refractivity contribution in [2.24, 2.45) is 0 Å². The van der Waals surface area contributed by atoms with Gasteiger partial charge in [-0.25, -0.2) is 9.37 Å². The van der Waals surface area contributed by atoms with Crippen LogP contribution in [0.2, 0.25) is 0 Å². The van der Waals surface area contributed by atoms with Crippen molar-refractivity contribution >= 4 is 11.6 Å². The molecule has 2 N–H and O–H groups in total. The highest BCUT2D eigenvalue weighted by atomic mass is 19.1. The second-order valence-corrected chi connectivity index (χ2v) is 5.30. The third-order valence-corrected chi connectivity index (χ3v) is 3.56. The number of nitrogens with one attached hydrogen (secondary N) is 2. The normalized spacial score (nSPS) is 10.5. The van der Waals surface area contributed by atoms with E-state index in [9.17, 15) is 9.18 Å². The molecule has 0 fully saturated rings. The summed E-state index contributed by atoms with van der Waals surface area (Å²) in [6.07, 6.45) is 0. The standard InChI is InChI=1S/C18H16FN3O2/c1-11-3-6-13(9-15(11)19)20-18-21-16(10-17(23)22-18)12-4-7-14(24-2)8-5-12/h3-10H,1-2H3,(H2,20,21,22,23). The molecule has 2 aromatic carbocycles. The summed E-state index contributed by atoms with van der Waals surface area (Å²) in [5, 5.41) is 2.91. The van der Waals surface area contributed by atoms with Crippen LogP contribution in [0.1, 0.15) is 5.56 Å². The van der Waals surface area contributed by atoms with Gasteiger partial charge >= 0.3 is 0 Å². The third kappa shape index (κ3) is 3.43. The van der Waals surface area contributed by atoms with Gasteiger partial charge in [0.15, 0.2) is 0 Å². The highest BCUT2D eigenvalue weighted by Crippen LogP contribution is 2.21. The van der Waals surface area contributed by atoms with Gasteiger partial charge in [-0.3, -0.25) is 9.78 Å². The Bertz CT molecular complexity index is 920. The second kappa shape index (κ2) is 6.54. The number of nitrogens with zero attached hydrogens (tertiary/aromatic N) is 1. The molecule has 0 atom stereocenters. The molecule has 6 heteroatoms. The number of H-pyrrole nitrogens is 1. The fraction of sp³-hybridized carbons (Fsp3) is 0.111. The van der Waals surface area contributed by atoms with Crippen molar-refractivity contribution in [3.05, 3.63) is 70.3 Å². The van der Waals surface area contributed by atoms with E-state index in [4.69, 9.17) is 4.74 Å².